The maximum atomic E-state index is 13.7. The van der Waals surface area contributed by atoms with Crippen LogP contribution in [-0.4, -0.2) is 30.6 Å². The number of hydrogen-bond donors (Lipinski definition) is 1. The predicted octanol–water partition coefficient (Wildman–Crippen LogP) is 6.49. The monoisotopic (exact) mass is 505 g/mol. The van der Waals surface area contributed by atoms with Gasteiger partial charge in [-0.1, -0.05) is 67.1 Å². The molecule has 1 aromatic heterocycles. The minimum atomic E-state index is -0.595. The van der Waals surface area contributed by atoms with Gasteiger partial charge in [-0.15, -0.1) is 11.3 Å². The van der Waals surface area contributed by atoms with Crippen molar-refractivity contribution in [3.05, 3.63) is 87.8 Å². The standard InChI is InChI=1S/C29H31NO5S/c1-3-34-28(32)23-19(2)25(29(33)35-22-17-11-6-12-18-22)36-27(23)30-26(31)24(20-13-7-4-8-14-20)21-15-9-5-10-16-21/h4-5,7-10,13-16,22,24H,3,6,11-12,17-18H2,1-2H3,(H,30,31). The number of anilines is 1. The first kappa shape index (κ1) is 25.6. The van der Waals surface area contributed by atoms with Crippen LogP contribution in [-0.2, 0) is 14.3 Å². The van der Waals surface area contributed by atoms with Crippen LogP contribution in [0.2, 0.25) is 0 Å². The van der Waals surface area contributed by atoms with E-state index >= 15 is 0 Å². The van der Waals surface area contributed by atoms with Crippen LogP contribution >= 0.6 is 11.3 Å². The van der Waals surface area contributed by atoms with E-state index in [1.807, 2.05) is 60.7 Å². The number of rotatable bonds is 8. The molecule has 1 saturated carbocycles. The molecule has 1 N–H and O–H groups in total. The first-order valence-electron chi connectivity index (χ1n) is 12.4. The van der Waals surface area contributed by atoms with Crippen LogP contribution in [0.4, 0.5) is 5.00 Å². The molecule has 0 unspecified atom stereocenters. The SMILES string of the molecule is CCOC(=O)c1c(NC(=O)C(c2ccccc2)c2ccccc2)sc(C(=O)OC2CCCCC2)c1C. The molecule has 0 saturated heterocycles. The largest absolute Gasteiger partial charge is 0.462 e. The molecule has 3 aromatic rings. The van der Waals surface area contributed by atoms with Gasteiger partial charge in [0, 0.05) is 0 Å². The summed E-state index contributed by atoms with van der Waals surface area (Å²) < 4.78 is 11.0. The van der Waals surface area contributed by atoms with Crippen LogP contribution in [0, 0.1) is 6.92 Å². The van der Waals surface area contributed by atoms with Crippen molar-refractivity contribution in [1.29, 1.82) is 0 Å². The van der Waals surface area contributed by atoms with Crippen molar-refractivity contribution in [3.63, 3.8) is 0 Å². The van der Waals surface area contributed by atoms with Crippen molar-refractivity contribution < 1.29 is 23.9 Å². The van der Waals surface area contributed by atoms with Crippen LogP contribution < -0.4 is 5.32 Å². The van der Waals surface area contributed by atoms with Crippen LogP contribution in [0.1, 0.15) is 81.7 Å². The lowest BCUT2D eigenvalue weighted by atomic mass is 9.90. The molecule has 1 aliphatic carbocycles. The molecule has 1 amide bonds. The second kappa shape index (κ2) is 12.0. The maximum absolute atomic E-state index is 13.7. The molecule has 0 spiro atoms. The highest BCUT2D eigenvalue weighted by molar-refractivity contribution is 7.18. The van der Waals surface area contributed by atoms with Crippen molar-refractivity contribution in [2.75, 3.05) is 11.9 Å². The summed E-state index contributed by atoms with van der Waals surface area (Å²) >= 11 is 1.07. The first-order chi connectivity index (χ1) is 17.5. The third-order valence-electron chi connectivity index (χ3n) is 6.40. The van der Waals surface area contributed by atoms with Gasteiger partial charge in [-0.2, -0.15) is 0 Å². The number of carbonyl (C=O) groups is 3. The Bertz CT molecular complexity index is 1160. The van der Waals surface area contributed by atoms with Crippen LogP contribution in [0.3, 0.4) is 0 Å². The van der Waals surface area contributed by atoms with Gasteiger partial charge < -0.3 is 14.8 Å². The Morgan fingerprint density at radius 1 is 0.917 bits per heavy atom. The van der Waals surface area contributed by atoms with Gasteiger partial charge in [0.05, 0.1) is 18.1 Å². The number of thiophene rings is 1. The normalized spacial score (nSPS) is 13.9. The molecule has 188 valence electrons. The minimum absolute atomic E-state index is 0.114. The average Bonchev–Trinajstić information content (AvgIpc) is 3.22. The Hall–Kier alpha value is -3.45. The molecule has 1 heterocycles. The fourth-order valence-electron chi connectivity index (χ4n) is 4.60. The lowest BCUT2D eigenvalue weighted by Gasteiger charge is -2.21. The number of carbonyl (C=O) groups excluding carboxylic acids is 3. The van der Waals surface area contributed by atoms with Gasteiger partial charge in [-0.25, -0.2) is 9.59 Å². The second-order valence-corrected chi connectivity index (χ2v) is 9.91. The third-order valence-corrected chi connectivity index (χ3v) is 7.59. The van der Waals surface area contributed by atoms with Gasteiger partial charge in [0.15, 0.2) is 0 Å². The highest BCUT2D eigenvalue weighted by Crippen LogP contribution is 2.36. The average molecular weight is 506 g/mol. The Kier molecular flexibility index (Phi) is 8.54. The molecule has 6 nitrogen and oxygen atoms in total. The van der Waals surface area contributed by atoms with Crippen LogP contribution in [0.15, 0.2) is 60.7 Å². The Morgan fingerprint density at radius 3 is 2.06 bits per heavy atom. The topological polar surface area (TPSA) is 81.7 Å². The molecule has 36 heavy (non-hydrogen) atoms. The molecule has 0 atom stereocenters. The summed E-state index contributed by atoms with van der Waals surface area (Å²) in [6, 6.07) is 18.9. The van der Waals surface area contributed by atoms with Gasteiger partial charge >= 0.3 is 11.9 Å². The second-order valence-electron chi connectivity index (χ2n) is 8.89. The molecule has 4 rings (SSSR count). The summed E-state index contributed by atoms with van der Waals surface area (Å²) in [5.41, 5.74) is 2.31. The first-order valence-corrected chi connectivity index (χ1v) is 13.2. The fraction of sp³-hybridized carbons (Fsp3) is 0.345. The minimum Gasteiger partial charge on any atom is -0.462 e. The van der Waals surface area contributed by atoms with E-state index in [9.17, 15) is 14.4 Å². The molecule has 0 radical (unpaired) electrons. The number of hydrogen-bond acceptors (Lipinski definition) is 6. The number of amides is 1. The number of benzene rings is 2. The number of ether oxygens (including phenoxy) is 2. The van der Waals surface area contributed by atoms with Gasteiger partial charge in [-0.05, 0) is 56.2 Å². The van der Waals surface area contributed by atoms with E-state index in [-0.39, 0.29) is 24.2 Å². The molecular formula is C29H31NO5S. The molecular weight excluding hydrogens is 474 g/mol. The molecule has 0 bridgehead atoms. The maximum Gasteiger partial charge on any atom is 0.348 e. The molecule has 2 aromatic carbocycles. The summed E-state index contributed by atoms with van der Waals surface area (Å²) in [6.07, 6.45) is 4.81. The number of nitrogens with one attached hydrogen (secondary N) is 1. The predicted molar refractivity (Wildman–Crippen MR) is 141 cm³/mol. The quantitative estimate of drug-likeness (QED) is 0.354. The zero-order valence-electron chi connectivity index (χ0n) is 20.6. The smallest absolute Gasteiger partial charge is 0.348 e. The summed E-state index contributed by atoms with van der Waals surface area (Å²) in [5, 5.41) is 3.23. The van der Waals surface area contributed by atoms with Gasteiger partial charge in [0.25, 0.3) is 0 Å². The highest BCUT2D eigenvalue weighted by atomic mass is 32.1. The van der Waals surface area contributed by atoms with E-state index in [4.69, 9.17) is 9.47 Å². The van der Waals surface area contributed by atoms with E-state index in [1.54, 1.807) is 13.8 Å². The summed E-state index contributed by atoms with van der Waals surface area (Å²) in [7, 11) is 0. The lowest BCUT2D eigenvalue weighted by Crippen LogP contribution is -2.23. The van der Waals surface area contributed by atoms with Crippen molar-refractivity contribution in [2.45, 2.75) is 58.0 Å². The van der Waals surface area contributed by atoms with Crippen molar-refractivity contribution in [2.24, 2.45) is 0 Å². The van der Waals surface area contributed by atoms with E-state index in [0.29, 0.717) is 15.4 Å². The van der Waals surface area contributed by atoms with Crippen molar-refractivity contribution >= 4 is 34.2 Å². The van der Waals surface area contributed by atoms with Crippen molar-refractivity contribution in [1.82, 2.24) is 0 Å². The van der Waals surface area contributed by atoms with E-state index in [2.05, 4.69) is 5.32 Å². The van der Waals surface area contributed by atoms with Gasteiger partial charge in [0.1, 0.15) is 16.0 Å². The molecule has 7 heteroatoms. The third kappa shape index (κ3) is 5.85. The zero-order valence-corrected chi connectivity index (χ0v) is 21.4. The molecule has 1 aliphatic rings. The van der Waals surface area contributed by atoms with E-state index in [0.717, 1.165) is 54.6 Å². The summed E-state index contributed by atoms with van der Waals surface area (Å²) in [5.74, 6) is -1.93. The zero-order chi connectivity index (χ0) is 25.5. The van der Waals surface area contributed by atoms with Gasteiger partial charge in [0.2, 0.25) is 5.91 Å². The Labute approximate surface area is 215 Å². The molecule has 0 aliphatic heterocycles. The lowest BCUT2D eigenvalue weighted by molar-refractivity contribution is -0.116. The number of esters is 2. The van der Waals surface area contributed by atoms with E-state index < -0.39 is 17.9 Å². The van der Waals surface area contributed by atoms with Gasteiger partial charge in [-0.3, -0.25) is 4.79 Å². The summed E-state index contributed by atoms with van der Waals surface area (Å²) in [6.45, 7) is 3.60. The fourth-order valence-corrected chi connectivity index (χ4v) is 5.68. The highest BCUT2D eigenvalue weighted by Gasteiger charge is 2.31. The Morgan fingerprint density at radius 2 is 1.50 bits per heavy atom. The van der Waals surface area contributed by atoms with Crippen LogP contribution in [0.5, 0.6) is 0 Å². The molecule has 1 fully saturated rings. The van der Waals surface area contributed by atoms with Crippen molar-refractivity contribution in [3.8, 4) is 0 Å². The summed E-state index contributed by atoms with van der Waals surface area (Å²) in [4.78, 5) is 39.9. The Balaban J connectivity index is 1.67. The van der Waals surface area contributed by atoms with Crippen LogP contribution in [0.25, 0.3) is 0 Å². The van der Waals surface area contributed by atoms with E-state index in [1.165, 1.54) is 0 Å².